The summed E-state index contributed by atoms with van der Waals surface area (Å²) >= 11 is 2.84. The van der Waals surface area contributed by atoms with Gasteiger partial charge in [-0.05, 0) is 0 Å². The van der Waals surface area contributed by atoms with E-state index in [9.17, 15) is 0 Å². The van der Waals surface area contributed by atoms with Crippen molar-refractivity contribution in [1.29, 1.82) is 5.26 Å². The van der Waals surface area contributed by atoms with Gasteiger partial charge in [-0.2, -0.15) is 0 Å². The zero-order valence-corrected chi connectivity index (χ0v) is 22.6. The van der Waals surface area contributed by atoms with Crippen molar-refractivity contribution >= 4 is 47.9 Å². The van der Waals surface area contributed by atoms with Crippen molar-refractivity contribution < 1.29 is 0 Å². The molecule has 0 atom stereocenters. The van der Waals surface area contributed by atoms with E-state index in [1.54, 1.807) is 0 Å². The fourth-order valence-electron chi connectivity index (χ4n) is 4.75. The fourth-order valence-corrected chi connectivity index (χ4v) is 13.5. The summed E-state index contributed by atoms with van der Waals surface area (Å²) in [5, 5.41) is 13.2. The molecule has 0 aliphatic carbocycles. The van der Waals surface area contributed by atoms with Gasteiger partial charge in [0.2, 0.25) is 0 Å². The molecule has 0 fully saturated rings. The maximum absolute atomic E-state index is 9.01. The van der Waals surface area contributed by atoms with Gasteiger partial charge < -0.3 is 0 Å². The van der Waals surface area contributed by atoms with Gasteiger partial charge in [-0.25, -0.2) is 0 Å². The fraction of sp³-hybridized carbons (Fsp3) is 0.167. The van der Waals surface area contributed by atoms with Crippen LogP contribution in [0.3, 0.4) is 0 Å². The summed E-state index contributed by atoms with van der Waals surface area (Å²) in [4.78, 5) is 2.27. The summed E-state index contributed by atoms with van der Waals surface area (Å²) in [5.41, 5.74) is 2.50. The van der Waals surface area contributed by atoms with Crippen LogP contribution in [0.15, 0.2) is 115 Å². The number of halogens is 1. The van der Waals surface area contributed by atoms with Gasteiger partial charge >= 0.3 is 218 Å². The van der Waals surface area contributed by atoms with Crippen LogP contribution in [0.4, 0.5) is 5.69 Å². The third-order valence-corrected chi connectivity index (χ3v) is 17.7. The number of hydrogen-bond acceptors (Lipinski definition) is 2. The van der Waals surface area contributed by atoms with E-state index >= 15 is 0 Å². The predicted molar refractivity (Wildman–Crippen MR) is 157 cm³/mol. The first-order valence-electron chi connectivity index (χ1n) is 11.7. The van der Waals surface area contributed by atoms with Crippen LogP contribution in [-0.4, -0.2) is 13.1 Å². The normalized spacial score (nSPS) is 12.3. The third-order valence-electron chi connectivity index (χ3n) is 6.54. The number of rotatable bonds is 9. The molecule has 0 aliphatic rings. The average Bonchev–Trinajstić information content (AvgIpc) is 2.91. The van der Waals surface area contributed by atoms with Crippen LogP contribution in [-0.2, 0) is 6.16 Å². The molecule has 0 saturated heterocycles. The standard InChI is InChI=1S/C30H30IN2P/c1-2-33(24-12-23-32)27-21-19-26(20-22-27)25-34(31,28-13-6-3-7-14-28,29-15-8-4-9-16-29)30-17-10-5-11-18-30/h3-11,13-22H,2,12,24-25H2,1H3. The molecule has 0 saturated carbocycles. The molecule has 4 aromatic carbocycles. The van der Waals surface area contributed by atoms with Crippen molar-refractivity contribution in [3.63, 3.8) is 0 Å². The van der Waals surface area contributed by atoms with Gasteiger partial charge in [0.25, 0.3) is 0 Å². The molecule has 0 unspecified atom stereocenters. The van der Waals surface area contributed by atoms with Crippen LogP contribution >= 0.6 is 26.3 Å². The van der Waals surface area contributed by atoms with E-state index in [4.69, 9.17) is 5.26 Å². The molecule has 0 heterocycles. The summed E-state index contributed by atoms with van der Waals surface area (Å²) in [5.74, 6) is 0. The second-order valence-corrected chi connectivity index (χ2v) is 19.1. The van der Waals surface area contributed by atoms with Crippen LogP contribution < -0.4 is 20.8 Å². The molecule has 0 spiro atoms. The first-order valence-corrected chi connectivity index (χ1v) is 16.9. The van der Waals surface area contributed by atoms with E-state index < -0.39 is 4.25 Å². The molecule has 0 radical (unpaired) electrons. The molecule has 0 bridgehead atoms. The van der Waals surface area contributed by atoms with Crippen LogP contribution in [0.25, 0.3) is 0 Å². The minimum atomic E-state index is -2.84. The number of benzene rings is 4. The minimum absolute atomic E-state index is 0.538. The number of nitriles is 1. The Labute approximate surface area is 216 Å². The summed E-state index contributed by atoms with van der Waals surface area (Å²) in [7, 11) is 0. The molecule has 4 rings (SSSR count). The predicted octanol–water partition coefficient (Wildman–Crippen LogP) is 6.81. The van der Waals surface area contributed by atoms with Gasteiger partial charge in [0.15, 0.2) is 0 Å². The molecule has 172 valence electrons. The average molecular weight is 576 g/mol. The zero-order valence-electron chi connectivity index (χ0n) is 19.5. The molecule has 34 heavy (non-hydrogen) atoms. The van der Waals surface area contributed by atoms with Gasteiger partial charge in [-0.1, -0.05) is 0 Å². The zero-order chi connectivity index (χ0) is 23.9. The number of nitrogens with zero attached hydrogens (tertiary/aromatic N) is 2. The van der Waals surface area contributed by atoms with Crippen molar-refractivity contribution in [1.82, 2.24) is 0 Å². The van der Waals surface area contributed by atoms with E-state index in [1.165, 1.54) is 27.2 Å². The molecule has 0 aliphatic heterocycles. The van der Waals surface area contributed by atoms with E-state index in [0.717, 1.165) is 19.3 Å². The Morgan fingerprint density at radius 2 is 1.15 bits per heavy atom. The van der Waals surface area contributed by atoms with E-state index in [2.05, 4.69) is 155 Å². The van der Waals surface area contributed by atoms with Crippen LogP contribution in [0.1, 0.15) is 18.9 Å². The SMILES string of the molecule is CCN(CCC#N)c1ccc(CP(I)(c2ccccc2)(c2ccccc2)c2ccccc2)cc1. The Morgan fingerprint density at radius 3 is 1.53 bits per heavy atom. The monoisotopic (exact) mass is 576 g/mol. The van der Waals surface area contributed by atoms with Gasteiger partial charge in [-0.3, -0.25) is 0 Å². The number of hydrogen-bond donors (Lipinski definition) is 0. The van der Waals surface area contributed by atoms with Crippen LogP contribution in [0, 0.1) is 11.3 Å². The van der Waals surface area contributed by atoms with Crippen molar-refractivity contribution in [2.24, 2.45) is 0 Å². The van der Waals surface area contributed by atoms with Crippen molar-refractivity contribution in [2.75, 3.05) is 18.0 Å². The molecular weight excluding hydrogens is 546 g/mol. The van der Waals surface area contributed by atoms with Gasteiger partial charge in [0, 0.05) is 0 Å². The first kappa shape index (κ1) is 24.5. The van der Waals surface area contributed by atoms with E-state index in [1.807, 2.05) is 0 Å². The molecule has 0 N–H and O–H groups in total. The van der Waals surface area contributed by atoms with E-state index in [-0.39, 0.29) is 0 Å². The molecular formula is C30H30IN2P. The topological polar surface area (TPSA) is 27.0 Å². The summed E-state index contributed by atoms with van der Waals surface area (Å²) in [6, 6.07) is 44.4. The Kier molecular flexibility index (Phi) is 7.71. The summed E-state index contributed by atoms with van der Waals surface area (Å²) < 4.78 is -2.84. The quantitative estimate of drug-likeness (QED) is 0.162. The van der Waals surface area contributed by atoms with Crippen molar-refractivity contribution in [3.8, 4) is 6.07 Å². The number of anilines is 1. The maximum atomic E-state index is 9.01. The van der Waals surface area contributed by atoms with Gasteiger partial charge in [-0.15, -0.1) is 0 Å². The molecule has 2 nitrogen and oxygen atoms in total. The second kappa shape index (κ2) is 10.7. The van der Waals surface area contributed by atoms with Gasteiger partial charge in [0.1, 0.15) is 0 Å². The Balaban J connectivity index is 1.87. The molecule has 4 aromatic rings. The van der Waals surface area contributed by atoms with Crippen LogP contribution in [0.2, 0.25) is 0 Å². The second-order valence-electron chi connectivity index (χ2n) is 8.50. The first-order chi connectivity index (χ1) is 16.6. The Hall–Kier alpha value is -2.67. The molecule has 4 heteroatoms. The van der Waals surface area contributed by atoms with Crippen molar-refractivity contribution in [3.05, 3.63) is 121 Å². The van der Waals surface area contributed by atoms with Gasteiger partial charge in [0.05, 0.1) is 0 Å². The Morgan fingerprint density at radius 1 is 0.706 bits per heavy atom. The Bertz CT molecular complexity index is 1140. The van der Waals surface area contributed by atoms with Crippen molar-refractivity contribution in [2.45, 2.75) is 19.5 Å². The summed E-state index contributed by atoms with van der Waals surface area (Å²) in [6.07, 6.45) is 1.48. The third kappa shape index (κ3) is 4.63. The molecule has 0 amide bonds. The van der Waals surface area contributed by atoms with Crippen LogP contribution in [0.5, 0.6) is 0 Å². The van der Waals surface area contributed by atoms with E-state index in [0.29, 0.717) is 6.42 Å². The molecule has 0 aromatic heterocycles. The summed E-state index contributed by atoms with van der Waals surface area (Å²) in [6.45, 7) is 3.80.